The lowest BCUT2D eigenvalue weighted by Gasteiger charge is -2.35. The molecule has 0 aliphatic carbocycles. The van der Waals surface area contributed by atoms with Gasteiger partial charge < -0.3 is 28.2 Å². The van der Waals surface area contributed by atoms with Gasteiger partial charge in [0, 0.05) is 49.7 Å². The fourth-order valence-electron chi connectivity index (χ4n) is 9.30. The zero-order valence-corrected chi connectivity index (χ0v) is 43.6. The highest BCUT2D eigenvalue weighted by Gasteiger charge is 2.47. The largest absolute Gasteiger partial charge is 0.521 e. The molecule has 0 saturated carbocycles. The number of allylic oxidation sites excluding steroid dienone is 2. The Morgan fingerprint density at radius 3 is 1.84 bits per heavy atom. The Labute approximate surface area is 424 Å². The Balaban J connectivity index is 1.35. The van der Waals surface area contributed by atoms with E-state index in [1.165, 1.54) is 20.8 Å². The van der Waals surface area contributed by atoms with Gasteiger partial charge in [-0.25, -0.2) is 0 Å². The second-order valence-corrected chi connectivity index (χ2v) is 22.1. The number of aromatic nitrogens is 1. The Bertz CT molecular complexity index is 2980. The molecule has 1 saturated heterocycles. The van der Waals surface area contributed by atoms with Crippen LogP contribution in [-0.2, 0) is 54.2 Å². The number of carbonyl (C=O) groups excluding carboxylic acids is 2. The van der Waals surface area contributed by atoms with Crippen LogP contribution in [-0.4, -0.2) is 74.0 Å². The van der Waals surface area contributed by atoms with E-state index in [0.29, 0.717) is 64.2 Å². The maximum atomic E-state index is 15.0. The van der Waals surface area contributed by atoms with E-state index in [-0.39, 0.29) is 18.6 Å². The van der Waals surface area contributed by atoms with Gasteiger partial charge >= 0.3 is 8.80 Å². The zero-order chi connectivity index (χ0) is 49.3. The van der Waals surface area contributed by atoms with E-state index in [9.17, 15) is 14.4 Å². The van der Waals surface area contributed by atoms with Gasteiger partial charge in [-0.1, -0.05) is 133 Å². The standard InChI is InChI=1S/C55H58N4O7S3Si/c1-6-57-52(62)50(69-54(57)67)53-59(37-49(60)56-38-70(64-7-2,65-8-3)66-9-4)51(61)47(68-53)31-32-48-55(34-39-19-13-10-14-20-39,35-40-21-15-11-16-22-40)45-33-43(42-25-28-44(63-5)29-26-42)27-30-46(45)58(48)36-41-23-17-12-18-24-41/h10-33H,6-9,34-38H2,1-5H3,(H,56,60)/b47-31-,48-32+,53-50+. The second kappa shape index (κ2) is 22.9. The van der Waals surface area contributed by atoms with Crippen molar-refractivity contribution in [2.24, 2.45) is 0 Å². The minimum Gasteiger partial charge on any atom is -0.497 e. The molecule has 1 aromatic heterocycles. The van der Waals surface area contributed by atoms with Gasteiger partial charge in [0.05, 0.1) is 17.8 Å². The summed E-state index contributed by atoms with van der Waals surface area (Å²) < 4.78 is 26.0. The number of rotatable bonds is 20. The molecule has 362 valence electrons. The SMILES string of the molecule is CCO[Si](CNC(=O)Cn1c(=O)/c(=C/C=C2/N(Cc3ccccc3)c3ccc(-c4ccc(OC)cc4)cc3C2(Cc2ccccc2)Cc2ccccc2)s/c1=C1/SC(=S)N(CC)C1=O)(OCC)OCC. The van der Waals surface area contributed by atoms with Gasteiger partial charge in [0.2, 0.25) is 5.91 Å². The van der Waals surface area contributed by atoms with Crippen molar-refractivity contribution in [3.05, 3.63) is 187 Å². The molecular formula is C55H58N4O7S3Si. The summed E-state index contributed by atoms with van der Waals surface area (Å²) in [7, 11) is -1.60. The van der Waals surface area contributed by atoms with Gasteiger partial charge in [-0.05, 0) is 110 Å². The smallest absolute Gasteiger partial charge is 0.497 e. The molecule has 15 heteroatoms. The Kier molecular flexibility index (Phi) is 16.5. The molecule has 11 nitrogen and oxygen atoms in total. The van der Waals surface area contributed by atoms with E-state index in [0.717, 1.165) is 62.3 Å². The van der Waals surface area contributed by atoms with Crippen LogP contribution in [0.3, 0.4) is 0 Å². The van der Waals surface area contributed by atoms with Crippen molar-refractivity contribution in [3.8, 4) is 16.9 Å². The first-order chi connectivity index (χ1) is 34.0. The summed E-state index contributed by atoms with van der Waals surface area (Å²) in [4.78, 5) is 47.2. The van der Waals surface area contributed by atoms with Crippen molar-refractivity contribution in [3.63, 3.8) is 0 Å². The van der Waals surface area contributed by atoms with Gasteiger partial charge in [0.15, 0.2) is 0 Å². The van der Waals surface area contributed by atoms with E-state index in [2.05, 4.69) is 119 Å². The summed E-state index contributed by atoms with van der Waals surface area (Å²) in [5.41, 5.74) is 7.75. The molecule has 8 rings (SSSR count). The molecule has 6 aromatic rings. The maximum absolute atomic E-state index is 15.0. The number of thioether (sulfide) groups is 1. The summed E-state index contributed by atoms with van der Waals surface area (Å²) >= 11 is 7.98. The van der Waals surface area contributed by atoms with Crippen molar-refractivity contribution >= 4 is 76.9 Å². The molecule has 0 bridgehead atoms. The third-order valence-corrected chi connectivity index (χ3v) is 18.0. The van der Waals surface area contributed by atoms with Crippen LogP contribution in [0.1, 0.15) is 49.9 Å². The molecule has 2 amide bonds. The van der Waals surface area contributed by atoms with E-state index >= 15 is 0 Å². The van der Waals surface area contributed by atoms with Crippen LogP contribution in [0.4, 0.5) is 5.69 Å². The van der Waals surface area contributed by atoms with Gasteiger partial charge in [-0.2, -0.15) is 0 Å². The van der Waals surface area contributed by atoms with Crippen LogP contribution in [0.5, 0.6) is 5.75 Å². The molecule has 3 heterocycles. The highest BCUT2D eigenvalue weighted by Crippen LogP contribution is 2.53. The molecule has 2 aliphatic rings. The van der Waals surface area contributed by atoms with Crippen LogP contribution in [0.2, 0.25) is 0 Å². The zero-order valence-electron chi connectivity index (χ0n) is 40.1. The number of carbonyl (C=O) groups is 2. The first-order valence-corrected chi connectivity index (χ1v) is 27.6. The molecule has 70 heavy (non-hydrogen) atoms. The minimum absolute atomic E-state index is 0.0154. The summed E-state index contributed by atoms with van der Waals surface area (Å²) in [6.07, 6.45) is 5.28. The van der Waals surface area contributed by atoms with Crippen molar-refractivity contribution < 1.29 is 27.6 Å². The van der Waals surface area contributed by atoms with E-state index in [1.54, 1.807) is 7.11 Å². The van der Waals surface area contributed by atoms with Crippen molar-refractivity contribution in [1.29, 1.82) is 0 Å². The number of hydrogen-bond donors (Lipinski definition) is 1. The first kappa shape index (κ1) is 50.5. The average molecular weight is 1010 g/mol. The lowest BCUT2D eigenvalue weighted by Crippen LogP contribution is -2.56. The highest BCUT2D eigenvalue weighted by molar-refractivity contribution is 8.30. The molecule has 2 aliphatic heterocycles. The molecule has 0 atom stereocenters. The van der Waals surface area contributed by atoms with Gasteiger partial charge in [-0.15, -0.1) is 11.3 Å². The van der Waals surface area contributed by atoms with Crippen molar-refractivity contribution in [2.75, 3.05) is 44.5 Å². The van der Waals surface area contributed by atoms with E-state index in [1.807, 2.05) is 64.1 Å². The van der Waals surface area contributed by atoms with Crippen LogP contribution in [0.25, 0.3) is 22.1 Å². The maximum Gasteiger partial charge on any atom is 0.521 e. The van der Waals surface area contributed by atoms with Crippen molar-refractivity contribution in [2.45, 2.75) is 59.0 Å². The fourth-order valence-corrected chi connectivity index (χ4v) is 14.2. The Hall–Kier alpha value is -5.91. The van der Waals surface area contributed by atoms with E-state index < -0.39 is 25.7 Å². The summed E-state index contributed by atoms with van der Waals surface area (Å²) in [5, 5.41) is 2.94. The number of amides is 2. The Morgan fingerprint density at radius 2 is 1.30 bits per heavy atom. The molecule has 1 fully saturated rings. The number of nitrogens with zero attached hydrogens (tertiary/aromatic N) is 3. The molecule has 0 unspecified atom stereocenters. The third kappa shape index (κ3) is 10.9. The lowest BCUT2D eigenvalue weighted by molar-refractivity contribution is -0.122. The molecule has 0 radical (unpaired) electrons. The molecular weight excluding hydrogens is 953 g/mol. The molecule has 5 aromatic carbocycles. The van der Waals surface area contributed by atoms with Crippen LogP contribution >= 0.6 is 35.3 Å². The predicted octanol–water partition coefficient (Wildman–Crippen LogP) is 8.39. The topological polar surface area (TPSA) is 112 Å². The number of fused-ring (bicyclic) bond motifs is 1. The van der Waals surface area contributed by atoms with Crippen LogP contribution < -0.4 is 29.7 Å². The summed E-state index contributed by atoms with van der Waals surface area (Å²) in [6, 6.07) is 46.4. The lowest BCUT2D eigenvalue weighted by atomic mass is 9.70. The molecule has 0 spiro atoms. The number of benzene rings is 5. The van der Waals surface area contributed by atoms with Crippen molar-refractivity contribution in [1.82, 2.24) is 14.8 Å². The normalized spacial score (nSPS) is 16.1. The third-order valence-electron chi connectivity index (χ3n) is 12.4. The monoisotopic (exact) mass is 1010 g/mol. The van der Waals surface area contributed by atoms with Gasteiger partial charge in [0.1, 0.15) is 26.2 Å². The fraction of sp³-hybridized carbons (Fsp3) is 0.273. The van der Waals surface area contributed by atoms with Crippen LogP contribution in [0.15, 0.2) is 150 Å². The number of methoxy groups -OCH3 is 1. The minimum atomic E-state index is -3.27. The number of anilines is 1. The van der Waals surface area contributed by atoms with Crippen LogP contribution in [0, 0.1) is 0 Å². The van der Waals surface area contributed by atoms with Gasteiger partial charge in [0.25, 0.3) is 11.5 Å². The number of ether oxygens (including phenoxy) is 1. The first-order valence-electron chi connectivity index (χ1n) is 23.6. The average Bonchev–Trinajstić information content (AvgIpc) is 3.93. The number of thiocarbonyl (C=S) groups is 1. The second-order valence-electron chi connectivity index (χ2n) is 16.8. The number of thiazole rings is 1. The predicted molar refractivity (Wildman–Crippen MR) is 288 cm³/mol. The molecule has 1 N–H and O–H groups in total. The quantitative estimate of drug-likeness (QED) is 0.0592. The summed E-state index contributed by atoms with van der Waals surface area (Å²) in [6.45, 7) is 9.00. The van der Waals surface area contributed by atoms with Gasteiger partial charge in [-0.3, -0.25) is 23.9 Å². The highest BCUT2D eigenvalue weighted by atomic mass is 32.2. The number of nitrogens with one attached hydrogen (secondary N) is 1. The number of hydrogen-bond acceptors (Lipinski definition) is 11. The van der Waals surface area contributed by atoms with E-state index in [4.69, 9.17) is 30.2 Å². The Morgan fingerprint density at radius 1 is 0.729 bits per heavy atom. The summed E-state index contributed by atoms with van der Waals surface area (Å²) in [5.74, 6) is 0.0309.